The maximum absolute atomic E-state index is 10.5. The summed E-state index contributed by atoms with van der Waals surface area (Å²) < 4.78 is 14.0. The maximum Gasteiger partial charge on any atom is 0.505 e. The Labute approximate surface area is 117 Å². The minimum Gasteiger partial charge on any atom is -0.191 e. The standard InChI is InChI=1S/C8H10O2P.CH4Cl2O3P/c1-11(9)10-7-8-5-3-2-4-6-8;2-1(3)7(4,5)6/h2-6H,7H2,1H3;1,4-6H/q2*+1. The second kappa shape index (κ2) is 9.13. The van der Waals surface area contributed by atoms with Gasteiger partial charge in [-0.05, 0) is 10.1 Å². The first kappa shape index (κ1) is 18.2. The lowest BCUT2D eigenvalue weighted by atomic mass is 10.2. The largest absolute Gasteiger partial charge is 0.505 e. The summed E-state index contributed by atoms with van der Waals surface area (Å²) in [6.07, 6.45) is 0. The molecule has 1 aromatic rings. The van der Waals surface area contributed by atoms with Crippen molar-refractivity contribution in [3.8, 4) is 0 Å². The van der Waals surface area contributed by atoms with Crippen molar-refractivity contribution in [2.75, 3.05) is 6.66 Å². The average molecular weight is 335 g/mol. The Hall–Kier alpha value is 0.170. The van der Waals surface area contributed by atoms with Crippen molar-refractivity contribution < 1.29 is 23.8 Å². The molecule has 18 heavy (non-hydrogen) atoms. The van der Waals surface area contributed by atoms with Gasteiger partial charge in [-0.25, -0.2) is 0 Å². The van der Waals surface area contributed by atoms with Crippen LogP contribution in [0.5, 0.6) is 0 Å². The van der Waals surface area contributed by atoms with E-state index in [0.29, 0.717) is 6.61 Å². The minimum atomic E-state index is -3.96. The van der Waals surface area contributed by atoms with E-state index in [9.17, 15) is 4.57 Å². The molecule has 1 atom stereocenters. The second-order valence-electron chi connectivity index (χ2n) is 3.09. The Morgan fingerprint density at radius 1 is 1.28 bits per heavy atom. The van der Waals surface area contributed by atoms with E-state index >= 15 is 0 Å². The van der Waals surface area contributed by atoms with Crippen molar-refractivity contribution in [3.63, 3.8) is 0 Å². The third-order valence-electron chi connectivity index (χ3n) is 1.52. The van der Waals surface area contributed by atoms with Gasteiger partial charge in [0.2, 0.25) is 0 Å². The summed E-state index contributed by atoms with van der Waals surface area (Å²) >= 11 is 9.64. The summed E-state index contributed by atoms with van der Waals surface area (Å²) in [5.74, 6) is 0. The maximum atomic E-state index is 10.5. The average Bonchev–Trinajstić information content (AvgIpc) is 2.27. The van der Waals surface area contributed by atoms with E-state index < -0.39 is 20.5 Å². The summed E-state index contributed by atoms with van der Waals surface area (Å²) in [5, 5.41) is 0. The fourth-order valence-corrected chi connectivity index (χ4v) is 1.07. The lowest BCUT2D eigenvalue weighted by molar-refractivity contribution is 0.322. The molecule has 0 spiro atoms. The molecule has 0 saturated carbocycles. The third kappa shape index (κ3) is 10.1. The van der Waals surface area contributed by atoms with Gasteiger partial charge in [0.1, 0.15) is 6.61 Å². The summed E-state index contributed by atoms with van der Waals surface area (Å²) in [5.41, 5.74) is 1.05. The van der Waals surface area contributed by atoms with E-state index in [0.717, 1.165) is 5.56 Å². The van der Waals surface area contributed by atoms with Crippen molar-refractivity contribution in [1.29, 1.82) is 0 Å². The molecule has 5 nitrogen and oxygen atoms in total. The molecule has 9 heteroatoms. The Morgan fingerprint density at radius 3 is 2.06 bits per heavy atom. The zero-order valence-corrected chi connectivity index (χ0v) is 12.8. The van der Waals surface area contributed by atoms with Gasteiger partial charge >= 0.3 is 16.0 Å². The lowest BCUT2D eigenvalue weighted by Crippen LogP contribution is -1.95. The quantitative estimate of drug-likeness (QED) is 0.581. The van der Waals surface area contributed by atoms with Gasteiger partial charge in [0, 0.05) is 0 Å². The van der Waals surface area contributed by atoms with Gasteiger partial charge in [-0.2, -0.15) is 14.7 Å². The highest BCUT2D eigenvalue weighted by molar-refractivity contribution is 7.63. The van der Waals surface area contributed by atoms with Gasteiger partial charge in [-0.3, -0.25) is 0 Å². The van der Waals surface area contributed by atoms with E-state index in [1.807, 2.05) is 30.3 Å². The number of hydrogen-bond donors (Lipinski definition) is 3. The van der Waals surface area contributed by atoms with E-state index in [2.05, 4.69) is 0 Å². The van der Waals surface area contributed by atoms with Crippen LogP contribution in [0.3, 0.4) is 0 Å². The van der Waals surface area contributed by atoms with Crippen LogP contribution < -0.4 is 0 Å². The van der Waals surface area contributed by atoms with Crippen LogP contribution in [0, 0.1) is 0 Å². The van der Waals surface area contributed by atoms with Gasteiger partial charge in [0.25, 0.3) is 4.58 Å². The zero-order valence-electron chi connectivity index (χ0n) is 9.48. The summed E-state index contributed by atoms with van der Waals surface area (Å²) in [6, 6.07) is 9.69. The number of hydrogen-bond acceptors (Lipinski definition) is 5. The Bertz CT molecular complexity index is 356. The van der Waals surface area contributed by atoms with Crippen molar-refractivity contribution in [2.24, 2.45) is 0 Å². The first-order valence-electron chi connectivity index (χ1n) is 4.66. The molecule has 3 N–H and O–H groups in total. The van der Waals surface area contributed by atoms with Crippen LogP contribution in [0.4, 0.5) is 0 Å². The lowest BCUT2D eigenvalue weighted by Gasteiger charge is -2.00. The predicted octanol–water partition coefficient (Wildman–Crippen LogP) is 3.06. The van der Waals surface area contributed by atoms with Crippen molar-refractivity contribution >= 4 is 39.2 Å². The molecule has 1 unspecified atom stereocenters. The molecule has 1 aromatic carbocycles. The topological polar surface area (TPSA) is 87.0 Å². The van der Waals surface area contributed by atoms with Gasteiger partial charge in [-0.1, -0.05) is 53.5 Å². The fourth-order valence-electron chi connectivity index (χ4n) is 0.740. The highest BCUT2D eigenvalue weighted by atomic mass is 35.5. The third-order valence-corrected chi connectivity index (χ3v) is 4.11. The van der Waals surface area contributed by atoms with E-state index in [1.165, 1.54) is 0 Å². The Morgan fingerprint density at radius 2 is 1.72 bits per heavy atom. The molecule has 0 aliphatic rings. The summed E-state index contributed by atoms with van der Waals surface area (Å²) in [7, 11) is -5.43. The molecule has 102 valence electrons. The van der Waals surface area contributed by atoms with Gasteiger partial charge < -0.3 is 0 Å². The molecule has 0 aromatic heterocycles. The predicted molar refractivity (Wildman–Crippen MR) is 73.8 cm³/mol. The second-order valence-corrected chi connectivity index (χ2v) is 7.68. The smallest absolute Gasteiger partial charge is 0.191 e. The van der Waals surface area contributed by atoms with Crippen LogP contribution in [0.2, 0.25) is 0 Å². The highest BCUT2D eigenvalue weighted by Crippen LogP contribution is 2.53. The van der Waals surface area contributed by atoms with Gasteiger partial charge in [0.05, 0.1) is 0 Å². The Balaban J connectivity index is 0.000000360. The molecule has 0 radical (unpaired) electrons. The molecule has 0 aliphatic carbocycles. The fraction of sp³-hybridized carbons (Fsp3) is 0.333. The van der Waals surface area contributed by atoms with Crippen LogP contribution in [0.1, 0.15) is 5.56 Å². The highest BCUT2D eigenvalue weighted by Gasteiger charge is 2.39. The van der Waals surface area contributed by atoms with E-state index in [-0.39, 0.29) is 0 Å². The van der Waals surface area contributed by atoms with Crippen LogP contribution >= 0.6 is 39.2 Å². The van der Waals surface area contributed by atoms with Crippen molar-refractivity contribution in [1.82, 2.24) is 0 Å². The number of halogens is 2. The van der Waals surface area contributed by atoms with Crippen molar-refractivity contribution in [3.05, 3.63) is 35.9 Å². The SMILES string of the molecule is C[P+](=O)OCc1ccccc1.O[P+](O)(O)C(Cl)Cl. The minimum absolute atomic E-state index is 0.437. The first-order chi connectivity index (χ1) is 8.23. The number of benzene rings is 1. The summed E-state index contributed by atoms with van der Waals surface area (Å²) in [6.45, 7) is 1.99. The monoisotopic (exact) mass is 334 g/mol. The molecule has 0 saturated heterocycles. The van der Waals surface area contributed by atoms with Gasteiger partial charge in [-0.15, -0.1) is 4.52 Å². The molecule has 1 rings (SSSR count). The molecule has 0 aliphatic heterocycles. The van der Waals surface area contributed by atoms with Crippen LogP contribution in [0.25, 0.3) is 0 Å². The van der Waals surface area contributed by atoms with E-state index in [1.54, 1.807) is 6.66 Å². The Kier molecular flexibility index (Phi) is 9.22. The van der Waals surface area contributed by atoms with Crippen LogP contribution in [-0.2, 0) is 15.7 Å². The normalized spacial score (nSPS) is 11.8. The number of alkyl halides is 2. The molecule has 0 fully saturated rings. The molecule has 0 amide bonds. The first-order valence-corrected chi connectivity index (χ1v) is 8.87. The van der Waals surface area contributed by atoms with Gasteiger partial charge in [0.15, 0.2) is 6.66 Å². The zero-order chi connectivity index (χ0) is 14.2. The van der Waals surface area contributed by atoms with Crippen LogP contribution in [0.15, 0.2) is 30.3 Å². The molecular weight excluding hydrogens is 321 g/mol. The van der Waals surface area contributed by atoms with Crippen molar-refractivity contribution in [2.45, 2.75) is 11.2 Å². The van der Waals surface area contributed by atoms with Crippen LogP contribution in [-0.4, -0.2) is 25.9 Å². The summed E-state index contributed by atoms with van der Waals surface area (Å²) in [4.78, 5) is 24.2. The van der Waals surface area contributed by atoms with E-state index in [4.69, 9.17) is 42.4 Å². The molecular formula is C9H14Cl2O5P2+2. The molecule has 0 heterocycles. The number of rotatable bonds is 4. The molecule has 0 bridgehead atoms.